The number of nitrogens with two attached hydrogens (primary N) is 1. The van der Waals surface area contributed by atoms with Gasteiger partial charge in [0.25, 0.3) is 0 Å². The van der Waals surface area contributed by atoms with Crippen molar-refractivity contribution in [3.8, 4) is 11.1 Å². The van der Waals surface area contributed by atoms with Crippen molar-refractivity contribution < 1.29 is 87.9 Å². The van der Waals surface area contributed by atoms with E-state index in [0.29, 0.717) is 16.0 Å². The highest BCUT2D eigenvalue weighted by molar-refractivity contribution is 7.99. The summed E-state index contributed by atoms with van der Waals surface area (Å²) in [6.07, 6.45) is -7.68. The van der Waals surface area contributed by atoms with Crippen molar-refractivity contribution in [1.29, 1.82) is 0 Å². The lowest BCUT2D eigenvalue weighted by molar-refractivity contribution is -0.143. The number of amides is 8. The molecule has 0 fully saturated rings. The molecule has 0 aliphatic carbocycles. The molecule has 0 bridgehead atoms. The monoisotopic (exact) mass is 1090 g/mol. The Morgan fingerprint density at radius 3 is 1.73 bits per heavy atom. The predicted octanol–water partition coefficient (Wildman–Crippen LogP) is -1.75. The number of carbonyl (C=O) groups excluding carboxylic acids is 9. The standard InChI is InChI=1S/C47H60N8O18S2/c1-23(56)41-47(73)49-19-36(59)51-29(11-14-37(60)61)44(70)54-33(42(48)68)22-75-35-10-6-5-9-28(35)27-8-4-3-7-25(27)20-74-21-32(50-24(2)57)34(58)17-26(18-40(66)67)43(69)52-30(12-15-38(62)63)45(71)53-31(46(72)55-41)13-16-39(64)65/h3-10,23,26,29-33,41,56H,11-22H2,1-2H3,(H2,48,68)(H,49,73)(H,50,57)(H,51,59)(H,52,69)(H,53,71)(H,54,70)(H,55,72)(H,60,61)(H,62,63)(H,64,65)(H,66,67)/t23-,26+,29+,30+,31+,32+,33+,41+/m1/s1. The maximum atomic E-state index is 13.9. The van der Waals surface area contributed by atoms with Gasteiger partial charge >= 0.3 is 23.9 Å². The van der Waals surface area contributed by atoms with Crippen LogP contribution in [0.25, 0.3) is 11.1 Å². The van der Waals surface area contributed by atoms with Crippen molar-refractivity contribution in [2.75, 3.05) is 18.1 Å². The normalized spacial score (nSPS) is 22.8. The summed E-state index contributed by atoms with van der Waals surface area (Å²) in [6.45, 7) is 1.21. The number of carbonyl (C=O) groups is 13. The van der Waals surface area contributed by atoms with Crippen LogP contribution in [0.15, 0.2) is 53.4 Å². The van der Waals surface area contributed by atoms with Gasteiger partial charge in [-0.1, -0.05) is 42.5 Å². The van der Waals surface area contributed by atoms with Gasteiger partial charge in [-0.3, -0.25) is 62.3 Å². The number of hydrogen-bond donors (Lipinski definition) is 13. The molecule has 75 heavy (non-hydrogen) atoms. The number of rotatable bonds is 14. The van der Waals surface area contributed by atoms with Crippen LogP contribution < -0.4 is 43.0 Å². The zero-order valence-corrected chi connectivity index (χ0v) is 42.3. The third-order valence-electron chi connectivity index (χ3n) is 11.2. The number of aliphatic hydroxyl groups is 1. The average molecular weight is 1090 g/mol. The lowest BCUT2D eigenvalue weighted by Gasteiger charge is -2.27. The summed E-state index contributed by atoms with van der Waals surface area (Å²) < 4.78 is 0. The van der Waals surface area contributed by atoms with Crippen LogP contribution in [0.2, 0.25) is 0 Å². The maximum absolute atomic E-state index is 13.9. The summed E-state index contributed by atoms with van der Waals surface area (Å²) in [5.41, 5.74) is 7.79. The van der Waals surface area contributed by atoms with Gasteiger partial charge in [-0.05, 0) is 48.9 Å². The molecular weight excluding hydrogens is 1030 g/mol. The van der Waals surface area contributed by atoms with E-state index in [4.69, 9.17) is 5.73 Å². The SMILES string of the molecule is CC(=O)N[C@H]1CSCc2ccccc2-c2ccccc2SC[C@@H](C(N)=O)NC(=O)[C@H](CCC(=O)O)NC(=O)CNC(=O)[C@H]([C@@H](C)O)NC(=O)[C@H](CCC(=O)O)NC(=O)[C@H](CCC(=O)O)NC(=O)[C@H](CC(=O)O)CC1=O. The van der Waals surface area contributed by atoms with Crippen LogP contribution in [0.5, 0.6) is 0 Å². The zero-order valence-electron chi connectivity index (χ0n) is 40.7. The highest BCUT2D eigenvalue weighted by atomic mass is 32.2. The first-order valence-corrected chi connectivity index (χ1v) is 25.3. The number of thioether (sulfide) groups is 2. The number of aliphatic carboxylic acids is 4. The van der Waals surface area contributed by atoms with E-state index in [9.17, 15) is 87.9 Å². The quantitative estimate of drug-likeness (QED) is 0.0997. The highest BCUT2D eigenvalue weighted by Gasteiger charge is 2.36. The number of fused-ring (bicyclic) bond motifs is 3. The average Bonchev–Trinajstić information content (AvgIpc) is 3.33. The Bertz CT molecular complexity index is 2480. The van der Waals surface area contributed by atoms with E-state index in [1.807, 2.05) is 0 Å². The molecule has 8 atom stereocenters. The van der Waals surface area contributed by atoms with E-state index in [1.165, 1.54) is 11.8 Å². The van der Waals surface area contributed by atoms with Crippen LogP contribution in [-0.2, 0) is 68.1 Å². The van der Waals surface area contributed by atoms with Crippen molar-refractivity contribution in [3.05, 3.63) is 54.1 Å². The van der Waals surface area contributed by atoms with Crippen LogP contribution in [-0.4, -0.2) is 163 Å². The molecule has 2 aromatic carbocycles. The first kappa shape index (κ1) is 61.7. The van der Waals surface area contributed by atoms with E-state index in [0.717, 1.165) is 31.2 Å². The van der Waals surface area contributed by atoms with E-state index in [1.54, 1.807) is 48.5 Å². The van der Waals surface area contributed by atoms with Crippen LogP contribution in [0.4, 0.5) is 0 Å². The van der Waals surface area contributed by atoms with E-state index in [2.05, 4.69) is 37.2 Å². The van der Waals surface area contributed by atoms with Gasteiger partial charge < -0.3 is 68.5 Å². The minimum atomic E-state index is -1.94. The van der Waals surface area contributed by atoms with E-state index < -0.39 is 183 Å². The molecule has 26 nitrogen and oxygen atoms in total. The summed E-state index contributed by atoms with van der Waals surface area (Å²) in [4.78, 5) is 168. The lowest BCUT2D eigenvalue weighted by Crippen LogP contribution is -2.60. The minimum Gasteiger partial charge on any atom is -0.481 e. The number of aliphatic hydroxyl groups excluding tert-OH is 1. The molecule has 1 aliphatic rings. The van der Waals surface area contributed by atoms with Crippen LogP contribution in [0.3, 0.4) is 0 Å². The summed E-state index contributed by atoms with van der Waals surface area (Å²) >= 11 is 2.31. The first-order valence-electron chi connectivity index (χ1n) is 23.2. The molecule has 0 aromatic heterocycles. The Morgan fingerprint density at radius 2 is 1.19 bits per heavy atom. The van der Waals surface area contributed by atoms with Gasteiger partial charge in [-0.2, -0.15) is 11.8 Å². The third-order valence-corrected chi connectivity index (χ3v) is 13.4. The second kappa shape index (κ2) is 30.6. The zero-order chi connectivity index (χ0) is 55.9. The summed E-state index contributed by atoms with van der Waals surface area (Å²) in [6, 6.07) is 4.10. The maximum Gasteiger partial charge on any atom is 0.304 e. The summed E-state index contributed by atoms with van der Waals surface area (Å²) in [7, 11) is 0. The van der Waals surface area contributed by atoms with Crippen molar-refractivity contribution in [3.63, 3.8) is 0 Å². The molecule has 3 rings (SSSR count). The molecule has 0 radical (unpaired) electrons. The van der Waals surface area contributed by atoms with E-state index >= 15 is 0 Å². The number of carboxylic acids is 4. The van der Waals surface area contributed by atoms with Gasteiger partial charge in [-0.25, -0.2) is 0 Å². The van der Waals surface area contributed by atoms with Gasteiger partial charge in [-0.15, -0.1) is 11.8 Å². The van der Waals surface area contributed by atoms with Crippen LogP contribution in [0, 0.1) is 5.92 Å². The molecule has 0 unspecified atom stereocenters. The van der Waals surface area contributed by atoms with Crippen molar-refractivity contribution in [2.24, 2.45) is 11.7 Å². The second-order valence-electron chi connectivity index (χ2n) is 17.1. The number of carboxylic acid groups (broad SMARTS) is 4. The third kappa shape index (κ3) is 21.4. The highest BCUT2D eigenvalue weighted by Crippen LogP contribution is 2.35. The molecule has 0 saturated heterocycles. The van der Waals surface area contributed by atoms with Crippen LogP contribution >= 0.6 is 23.5 Å². The van der Waals surface area contributed by atoms with Crippen LogP contribution in [0.1, 0.15) is 70.8 Å². The van der Waals surface area contributed by atoms with Crippen molar-refractivity contribution >= 4 is 100 Å². The molecule has 0 spiro atoms. The summed E-state index contributed by atoms with van der Waals surface area (Å²) in [5.74, 6) is -17.2. The smallest absolute Gasteiger partial charge is 0.304 e. The van der Waals surface area contributed by atoms with Gasteiger partial charge in [0.15, 0.2) is 5.78 Å². The van der Waals surface area contributed by atoms with Crippen molar-refractivity contribution in [1.82, 2.24) is 37.2 Å². The van der Waals surface area contributed by atoms with Gasteiger partial charge in [0, 0.05) is 54.8 Å². The predicted molar refractivity (Wildman–Crippen MR) is 266 cm³/mol. The first-order chi connectivity index (χ1) is 35.4. The topological polar surface area (TPSA) is 433 Å². The van der Waals surface area contributed by atoms with Gasteiger partial charge in [0.2, 0.25) is 47.3 Å². The fourth-order valence-electron chi connectivity index (χ4n) is 7.32. The molecule has 1 aliphatic heterocycles. The number of Topliss-reactive ketones (excluding diaryl/α,β-unsaturated/α-hetero) is 1. The van der Waals surface area contributed by atoms with Gasteiger partial charge in [0.1, 0.15) is 30.2 Å². The molecule has 14 N–H and O–H groups in total. The number of nitrogens with one attached hydrogen (secondary N) is 7. The molecule has 8 amide bonds. The summed E-state index contributed by atoms with van der Waals surface area (Å²) in [5, 5.41) is 64.5. The molecule has 28 heteroatoms. The second-order valence-corrected chi connectivity index (χ2v) is 19.2. The molecule has 408 valence electrons. The Morgan fingerprint density at radius 1 is 0.667 bits per heavy atom. The number of ketones is 1. The Kier molecular flexibility index (Phi) is 25.2. The molecule has 0 saturated carbocycles. The largest absolute Gasteiger partial charge is 0.481 e. The fraction of sp³-hybridized carbons (Fsp3) is 0.468. The fourth-order valence-corrected chi connectivity index (χ4v) is 9.52. The molecular formula is C47H60N8O18S2. The van der Waals surface area contributed by atoms with E-state index in [-0.39, 0.29) is 17.3 Å². The number of benzene rings is 2. The Labute approximate surface area is 437 Å². The van der Waals surface area contributed by atoms with Gasteiger partial charge in [0.05, 0.1) is 31.0 Å². The van der Waals surface area contributed by atoms with Crippen molar-refractivity contribution in [2.45, 2.75) is 118 Å². The number of primary amides is 1. The molecule has 2 aromatic rings. The number of hydrogen-bond acceptors (Lipinski definition) is 16. The Balaban J connectivity index is 2.13. The minimum absolute atomic E-state index is 0.0977. The Hall–Kier alpha value is -7.59. The lowest BCUT2D eigenvalue weighted by atomic mass is 9.94. The molecule has 1 heterocycles.